The standard InChI is InChI=1S/C30H35BrN8O2.C25H32BrN7O.C9H7NO2.C4H5ClO.CH2Cl2/c1-18(2)39-17-33-26-27(32-16-20-7-9-22(31)10-8-20)37-29(38-28(26)39)34-23-11-13-24(14-12-23)35-30(41)36-25-6-4-5-21(15-25)19(3)40;1-15(2)33-14-28-21-22(27-13-16-3-7-18(26)8-4-16)31-25(32-23(21)33)30-20-11-9-19(10-12-20)29-24(34)17-5-6-17;1-7(12)8-3-2-4-9(5-8)10-6-11;5-4(6)3-1-2-3;2-1-3/h4-10,15,17-18,23-24H,11-14,16H2,1-3H3,(H2,35,36,41)(H2,32,34,37,38);3-4,7-8,14-15,17,19-20H,5-6,9-13H2,1-2H3,(H,29,34)(H2,27,30,31,32);2-5H,1H3;3H,1-2H2;1H2. The van der Waals surface area contributed by atoms with E-state index in [1.165, 1.54) is 25.5 Å². The van der Waals surface area contributed by atoms with Gasteiger partial charge in [0, 0.05) is 86.9 Å². The molecule has 4 heterocycles. The minimum Gasteiger partial charge on any atom is -0.364 e. The van der Waals surface area contributed by atoms with Crippen molar-refractivity contribution in [2.45, 2.75) is 168 Å². The molecule has 4 aromatic heterocycles. The molecular weight excluding hydrogens is 1420 g/mol. The summed E-state index contributed by atoms with van der Waals surface area (Å²) >= 11 is 21.5. The maximum absolute atomic E-state index is 12.6. The first-order chi connectivity index (χ1) is 46.2. The smallest absolute Gasteiger partial charge is 0.319 e. The maximum atomic E-state index is 12.6. The highest BCUT2D eigenvalue weighted by Crippen LogP contribution is 2.33. The van der Waals surface area contributed by atoms with E-state index >= 15 is 0 Å². The van der Waals surface area contributed by atoms with E-state index in [0.29, 0.717) is 65.4 Å². The number of fused-ring (bicyclic) bond motifs is 2. The number of aromatic nitrogens is 8. The van der Waals surface area contributed by atoms with Crippen molar-refractivity contribution in [3.63, 3.8) is 0 Å². The van der Waals surface area contributed by atoms with Gasteiger partial charge >= 0.3 is 6.03 Å². The number of hydrogen-bond acceptors (Lipinski definition) is 17. The number of isocyanates is 1. The topological polar surface area (TPSA) is 286 Å². The average molecular weight is 1500 g/mol. The van der Waals surface area contributed by atoms with Gasteiger partial charge in [0.1, 0.15) is 0 Å². The van der Waals surface area contributed by atoms with Gasteiger partial charge in [-0.15, -0.1) is 23.2 Å². The van der Waals surface area contributed by atoms with Crippen LogP contribution in [-0.2, 0) is 27.5 Å². The van der Waals surface area contributed by atoms with Crippen molar-refractivity contribution in [2.75, 3.05) is 31.9 Å². The predicted octanol–water partition coefficient (Wildman–Crippen LogP) is 16.0. The number of aliphatic imine (C=N–C) groups is 1. The first-order valence-electron chi connectivity index (χ1n) is 32.1. The number of carbonyl (C=O) groups excluding carboxylic acids is 6. The Bertz CT molecular complexity index is 3960. The number of alkyl halides is 2. The van der Waals surface area contributed by atoms with Gasteiger partial charge in [-0.25, -0.2) is 19.6 Å². The number of hydrogen-bond donors (Lipinski definition) is 7. The summed E-state index contributed by atoms with van der Waals surface area (Å²) in [7, 11) is 0. The summed E-state index contributed by atoms with van der Waals surface area (Å²) in [5.41, 5.74) is 7.62. The molecule has 0 aliphatic heterocycles. The quantitative estimate of drug-likeness (QED) is 0.0123. The van der Waals surface area contributed by atoms with E-state index in [1.807, 2.05) is 36.9 Å². The van der Waals surface area contributed by atoms with Gasteiger partial charge in [0.15, 0.2) is 45.5 Å². The molecule has 0 radical (unpaired) electrons. The van der Waals surface area contributed by atoms with Crippen LogP contribution < -0.4 is 37.2 Å². The molecule has 0 spiro atoms. The largest absolute Gasteiger partial charge is 0.364 e. The van der Waals surface area contributed by atoms with E-state index in [-0.39, 0.29) is 70.1 Å². The molecule has 0 saturated heterocycles. The Morgan fingerprint density at radius 1 is 0.573 bits per heavy atom. The molecular formula is C69H81Br2Cl3N16O6. The second kappa shape index (κ2) is 36.5. The molecule has 7 N–H and O–H groups in total. The van der Waals surface area contributed by atoms with Crippen LogP contribution >= 0.6 is 66.7 Å². The number of Topliss-reactive ketones (excluding diaryl/α,β-unsaturated/α-hetero) is 2. The van der Waals surface area contributed by atoms with E-state index in [0.717, 1.165) is 120 Å². The van der Waals surface area contributed by atoms with Crippen LogP contribution in [0, 0.1) is 11.8 Å². The van der Waals surface area contributed by atoms with Crippen molar-refractivity contribution in [1.82, 2.24) is 49.7 Å². The van der Waals surface area contributed by atoms with E-state index in [4.69, 9.17) is 54.7 Å². The minimum absolute atomic E-state index is 0.0378. The number of nitrogens with one attached hydrogen (secondary N) is 7. The van der Waals surface area contributed by atoms with Crippen LogP contribution in [0.1, 0.15) is 163 Å². The SMILES string of the molecule is CC(=O)c1cccc(N=C=O)c1.CC(=O)c1cccc(NC(=O)NC2CCC(Nc3nc(NCc4ccc(Br)cc4)c4ncn(C(C)C)c4n3)CC2)c1.CC(C)n1cnc2c(NCc3ccc(Br)cc3)nc(NC3CCC(NC(=O)C4CC4)CC3)nc21.ClCCl.O=C(Cl)C1CC1. The Kier molecular flexibility index (Phi) is 28.1. The van der Waals surface area contributed by atoms with Crippen molar-refractivity contribution >= 4 is 159 Å². The fraction of sp³-hybridized carbons (Fsp3) is 0.420. The molecule has 508 valence electrons. The van der Waals surface area contributed by atoms with Crippen LogP contribution in [0.2, 0.25) is 0 Å². The number of nitrogens with zero attached hydrogens (tertiary/aromatic N) is 9. The number of imidazole rings is 2. The minimum atomic E-state index is -0.265. The van der Waals surface area contributed by atoms with Crippen molar-refractivity contribution in [3.05, 3.63) is 141 Å². The van der Waals surface area contributed by atoms with E-state index < -0.39 is 0 Å². The molecule has 8 aromatic rings. The molecule has 12 rings (SSSR count). The normalized spacial score (nSPS) is 17.1. The van der Waals surface area contributed by atoms with Crippen molar-refractivity contribution in [3.8, 4) is 0 Å². The summed E-state index contributed by atoms with van der Waals surface area (Å²) in [5.74, 6) is 3.28. The van der Waals surface area contributed by atoms with Crippen LogP contribution in [0.25, 0.3) is 22.3 Å². The lowest BCUT2D eigenvalue weighted by Crippen LogP contribution is -2.42. The monoisotopic (exact) mass is 1490 g/mol. The molecule has 27 heteroatoms. The Morgan fingerprint density at radius 2 is 1.00 bits per heavy atom. The zero-order valence-corrected chi connectivity index (χ0v) is 59.9. The summed E-state index contributed by atoms with van der Waals surface area (Å²) in [5, 5.41) is 23.2. The zero-order valence-electron chi connectivity index (χ0n) is 54.5. The fourth-order valence-electron chi connectivity index (χ4n) is 10.7. The Balaban J connectivity index is 0.000000190. The van der Waals surface area contributed by atoms with Crippen LogP contribution in [0.3, 0.4) is 0 Å². The first kappa shape index (κ1) is 73.9. The Hall–Kier alpha value is -7.86. The van der Waals surface area contributed by atoms with Gasteiger partial charge in [-0.3, -0.25) is 19.2 Å². The molecule has 0 bridgehead atoms. The van der Waals surface area contributed by atoms with Gasteiger partial charge in [-0.05, 0) is 190 Å². The molecule has 0 unspecified atom stereocenters. The molecule has 4 fully saturated rings. The molecule has 0 atom stereocenters. The average Bonchev–Trinajstić information content (AvgIpc) is 1.61. The highest BCUT2D eigenvalue weighted by molar-refractivity contribution is 9.10. The van der Waals surface area contributed by atoms with E-state index in [9.17, 15) is 28.8 Å². The second-order valence-electron chi connectivity index (χ2n) is 24.5. The maximum Gasteiger partial charge on any atom is 0.319 e. The molecule has 4 aliphatic carbocycles. The lowest BCUT2D eigenvalue weighted by molar-refractivity contribution is -0.123. The number of rotatable bonds is 20. The van der Waals surface area contributed by atoms with Crippen LogP contribution in [0.5, 0.6) is 0 Å². The first-order valence-corrected chi connectivity index (χ1v) is 35.2. The number of benzene rings is 4. The molecule has 4 aliphatic rings. The number of anilines is 5. The lowest BCUT2D eigenvalue weighted by atomic mass is 9.91. The van der Waals surface area contributed by atoms with Crippen molar-refractivity contribution < 1.29 is 28.8 Å². The van der Waals surface area contributed by atoms with Gasteiger partial charge in [-0.1, -0.05) is 80.4 Å². The van der Waals surface area contributed by atoms with E-state index in [1.54, 1.807) is 48.5 Å². The third-order valence-electron chi connectivity index (χ3n) is 16.3. The van der Waals surface area contributed by atoms with Gasteiger partial charge in [0.2, 0.25) is 29.1 Å². The summed E-state index contributed by atoms with van der Waals surface area (Å²) in [6, 6.07) is 30.9. The third-order valence-corrected chi connectivity index (χ3v) is 17.7. The summed E-state index contributed by atoms with van der Waals surface area (Å²) in [4.78, 5) is 98.9. The van der Waals surface area contributed by atoms with Gasteiger partial charge in [0.25, 0.3) is 0 Å². The Labute approximate surface area is 590 Å². The Morgan fingerprint density at radius 3 is 1.41 bits per heavy atom. The van der Waals surface area contributed by atoms with Gasteiger partial charge in [0.05, 0.1) is 23.7 Å². The molecule has 4 aromatic carbocycles. The highest BCUT2D eigenvalue weighted by atomic mass is 79.9. The lowest BCUT2D eigenvalue weighted by Gasteiger charge is -2.29. The summed E-state index contributed by atoms with van der Waals surface area (Å²) < 4.78 is 6.23. The molecule has 3 amide bonds. The fourth-order valence-corrected chi connectivity index (χ4v) is 11.4. The summed E-state index contributed by atoms with van der Waals surface area (Å²) in [6.07, 6.45) is 16.6. The van der Waals surface area contributed by atoms with Crippen LogP contribution in [0.15, 0.2) is 124 Å². The highest BCUT2D eigenvalue weighted by Gasteiger charge is 2.33. The number of halogens is 5. The predicted molar refractivity (Wildman–Crippen MR) is 388 cm³/mol. The molecule has 96 heavy (non-hydrogen) atoms. The van der Waals surface area contributed by atoms with Gasteiger partial charge in [-0.2, -0.15) is 24.9 Å². The second-order valence-corrected chi connectivity index (χ2v) is 27.5. The number of carbonyl (C=O) groups is 5. The van der Waals surface area contributed by atoms with Crippen LogP contribution in [0.4, 0.5) is 39.7 Å². The molecule has 4 saturated carbocycles. The van der Waals surface area contributed by atoms with E-state index in [2.05, 4.69) is 145 Å². The van der Waals surface area contributed by atoms with Crippen molar-refractivity contribution in [2.24, 2.45) is 16.8 Å². The molecule has 22 nitrogen and oxygen atoms in total. The van der Waals surface area contributed by atoms with Crippen molar-refractivity contribution in [1.29, 1.82) is 0 Å². The zero-order chi connectivity index (χ0) is 68.8. The number of amides is 3. The number of ketones is 2. The third kappa shape index (κ3) is 22.9. The van der Waals surface area contributed by atoms with Crippen LogP contribution in [-0.4, -0.2) is 103 Å². The number of urea groups is 1. The van der Waals surface area contributed by atoms with Gasteiger partial charge < -0.3 is 46.4 Å². The summed E-state index contributed by atoms with van der Waals surface area (Å²) in [6.45, 7) is 12.7.